The zero-order valence-electron chi connectivity index (χ0n) is 16.9. The summed E-state index contributed by atoms with van der Waals surface area (Å²) in [6, 6.07) is 0. The van der Waals surface area contributed by atoms with Crippen LogP contribution >= 0.6 is 0 Å². The first kappa shape index (κ1) is 20.3. The number of hydrogen-bond donors (Lipinski definition) is 0. The lowest BCUT2D eigenvalue weighted by atomic mass is 9.75. The predicted molar refractivity (Wildman–Crippen MR) is 106 cm³/mol. The van der Waals surface area contributed by atoms with Gasteiger partial charge in [-0.1, -0.05) is 31.3 Å². The Labute approximate surface area is 168 Å². The van der Waals surface area contributed by atoms with E-state index in [-0.39, 0.29) is 17.1 Å². The lowest BCUT2D eigenvalue weighted by Crippen LogP contribution is -2.50. The molecule has 1 saturated carbocycles. The average Bonchev–Trinajstić information content (AvgIpc) is 3.37. The molecule has 2 aliphatic heterocycles. The highest BCUT2D eigenvalue weighted by Gasteiger charge is 2.47. The summed E-state index contributed by atoms with van der Waals surface area (Å²) in [4.78, 5) is 4.83. The molecule has 0 spiro atoms. The summed E-state index contributed by atoms with van der Waals surface area (Å²) in [6.07, 6.45) is 8.66. The number of rotatable bonds is 8. The minimum atomic E-state index is -3.22. The Kier molecular flexibility index (Phi) is 6.09. The van der Waals surface area contributed by atoms with Crippen LogP contribution in [0.25, 0.3) is 0 Å². The molecule has 1 atom stereocenters. The molecule has 3 fully saturated rings. The zero-order valence-corrected chi connectivity index (χ0v) is 17.8. The van der Waals surface area contributed by atoms with Crippen LogP contribution in [0.3, 0.4) is 0 Å². The molecular formula is C20H33N3O4S. The lowest BCUT2D eigenvalue weighted by molar-refractivity contribution is 0.0778. The van der Waals surface area contributed by atoms with Gasteiger partial charge >= 0.3 is 0 Å². The molecule has 3 aliphatic rings. The highest BCUT2D eigenvalue weighted by atomic mass is 32.2. The third kappa shape index (κ3) is 4.44. The first-order chi connectivity index (χ1) is 13.5. The van der Waals surface area contributed by atoms with Crippen LogP contribution in [0, 0.1) is 5.92 Å². The second-order valence-corrected chi connectivity index (χ2v) is 11.0. The van der Waals surface area contributed by atoms with Crippen molar-refractivity contribution < 1.29 is 17.7 Å². The van der Waals surface area contributed by atoms with Crippen molar-refractivity contribution in [3.05, 3.63) is 11.7 Å². The highest BCUT2D eigenvalue weighted by Crippen LogP contribution is 2.46. The average molecular weight is 412 g/mol. The van der Waals surface area contributed by atoms with Crippen LogP contribution in [0.15, 0.2) is 4.52 Å². The molecule has 1 aromatic rings. The molecule has 2 saturated heterocycles. The van der Waals surface area contributed by atoms with Gasteiger partial charge in [-0.2, -0.15) is 4.98 Å². The van der Waals surface area contributed by atoms with E-state index in [0.29, 0.717) is 31.3 Å². The molecule has 1 aliphatic carbocycles. The quantitative estimate of drug-likeness (QED) is 0.653. The molecule has 0 N–H and O–H groups in total. The van der Waals surface area contributed by atoms with E-state index >= 15 is 0 Å². The normalized spacial score (nSPS) is 27.9. The van der Waals surface area contributed by atoms with Gasteiger partial charge < -0.3 is 9.26 Å². The Morgan fingerprint density at radius 2 is 2.00 bits per heavy atom. The Balaban J connectivity index is 1.57. The van der Waals surface area contributed by atoms with Gasteiger partial charge in [0.25, 0.3) is 0 Å². The monoisotopic (exact) mass is 411 g/mol. The number of nitrogens with zero attached hydrogens (tertiary/aromatic N) is 3. The molecule has 0 amide bonds. The van der Waals surface area contributed by atoms with Crippen molar-refractivity contribution in [3.63, 3.8) is 0 Å². The molecule has 0 bridgehead atoms. The van der Waals surface area contributed by atoms with Gasteiger partial charge in [0.15, 0.2) is 5.82 Å². The second kappa shape index (κ2) is 8.40. The van der Waals surface area contributed by atoms with E-state index in [4.69, 9.17) is 14.2 Å². The molecule has 1 unspecified atom stereocenters. The highest BCUT2D eigenvalue weighted by molar-refractivity contribution is 7.89. The van der Waals surface area contributed by atoms with Crippen LogP contribution in [0.5, 0.6) is 0 Å². The van der Waals surface area contributed by atoms with Crippen LogP contribution in [0.4, 0.5) is 0 Å². The summed E-state index contributed by atoms with van der Waals surface area (Å²) in [5, 5.41) is 4.40. The maximum absolute atomic E-state index is 12.9. The van der Waals surface area contributed by atoms with Crippen LogP contribution in [-0.4, -0.2) is 54.9 Å². The van der Waals surface area contributed by atoms with Crippen molar-refractivity contribution in [2.75, 3.05) is 32.1 Å². The van der Waals surface area contributed by atoms with Crippen LogP contribution in [0.1, 0.15) is 82.3 Å². The molecule has 1 aromatic heterocycles. The third-order valence-corrected chi connectivity index (χ3v) is 8.46. The maximum Gasteiger partial charge on any atom is 0.229 e. The van der Waals surface area contributed by atoms with E-state index < -0.39 is 10.0 Å². The molecule has 4 rings (SSSR count). The van der Waals surface area contributed by atoms with E-state index in [1.165, 1.54) is 12.8 Å². The summed E-state index contributed by atoms with van der Waals surface area (Å²) in [6.45, 7) is 4.61. The largest absolute Gasteiger partial charge is 0.381 e. The van der Waals surface area contributed by atoms with Crippen molar-refractivity contribution in [2.45, 2.75) is 76.0 Å². The number of ether oxygens (including phenoxy) is 1. The number of sulfonamides is 1. The van der Waals surface area contributed by atoms with E-state index in [1.807, 2.05) is 6.92 Å². The Bertz CT molecular complexity index is 755. The molecule has 8 heteroatoms. The number of hydrogen-bond acceptors (Lipinski definition) is 6. The van der Waals surface area contributed by atoms with Gasteiger partial charge in [0.05, 0.1) is 5.75 Å². The van der Waals surface area contributed by atoms with Crippen LogP contribution in [-0.2, 0) is 20.2 Å². The minimum Gasteiger partial charge on any atom is -0.381 e. The second-order valence-electron chi connectivity index (χ2n) is 8.88. The number of piperidine rings is 1. The lowest BCUT2D eigenvalue weighted by Gasteiger charge is -2.40. The van der Waals surface area contributed by atoms with Crippen molar-refractivity contribution in [3.8, 4) is 0 Å². The molecule has 3 heterocycles. The fraction of sp³-hybridized carbons (Fsp3) is 0.900. The number of aromatic nitrogens is 2. The van der Waals surface area contributed by atoms with Crippen molar-refractivity contribution >= 4 is 10.0 Å². The number of unbranched alkanes of at least 4 members (excludes halogenated alkanes) is 1. The molecule has 0 aromatic carbocycles. The van der Waals surface area contributed by atoms with Crippen molar-refractivity contribution in [2.24, 2.45) is 5.92 Å². The Morgan fingerprint density at radius 3 is 2.71 bits per heavy atom. The van der Waals surface area contributed by atoms with Gasteiger partial charge in [-0.25, -0.2) is 12.7 Å². The van der Waals surface area contributed by atoms with Crippen LogP contribution in [0.2, 0.25) is 0 Å². The van der Waals surface area contributed by atoms with Crippen molar-refractivity contribution in [1.82, 2.24) is 14.4 Å². The van der Waals surface area contributed by atoms with Gasteiger partial charge in [-0.15, -0.1) is 0 Å². The predicted octanol–water partition coefficient (Wildman–Crippen LogP) is 3.23. The van der Waals surface area contributed by atoms with Gasteiger partial charge in [0, 0.05) is 37.6 Å². The standard InChI is InChI=1S/C20H33N3O4S/c1-2-3-13-28(24,25)23-10-4-9-20(15-23,14-16-5-6-16)19-21-18(27-22-19)17-7-11-26-12-8-17/h16-17H,2-15H2,1H3. The van der Waals surface area contributed by atoms with Gasteiger partial charge in [0.1, 0.15) is 0 Å². The summed E-state index contributed by atoms with van der Waals surface area (Å²) >= 11 is 0. The summed E-state index contributed by atoms with van der Waals surface area (Å²) < 4.78 is 38.6. The van der Waals surface area contributed by atoms with Gasteiger partial charge in [0.2, 0.25) is 15.9 Å². The summed E-state index contributed by atoms with van der Waals surface area (Å²) in [7, 11) is -3.22. The van der Waals surface area contributed by atoms with E-state index in [0.717, 1.165) is 57.6 Å². The first-order valence-corrected chi connectivity index (χ1v) is 12.5. The topological polar surface area (TPSA) is 85.5 Å². The summed E-state index contributed by atoms with van der Waals surface area (Å²) in [5.74, 6) is 2.61. The van der Waals surface area contributed by atoms with E-state index in [9.17, 15) is 8.42 Å². The SMILES string of the molecule is CCCCS(=O)(=O)N1CCCC(CC2CC2)(c2noc(C3CCOCC3)n2)C1. The smallest absolute Gasteiger partial charge is 0.229 e. The fourth-order valence-corrected chi connectivity index (χ4v) is 6.42. The molecule has 28 heavy (non-hydrogen) atoms. The Morgan fingerprint density at radius 1 is 1.21 bits per heavy atom. The van der Waals surface area contributed by atoms with Gasteiger partial charge in [-0.05, 0) is 44.4 Å². The first-order valence-electron chi connectivity index (χ1n) is 10.9. The van der Waals surface area contributed by atoms with Crippen molar-refractivity contribution in [1.29, 1.82) is 0 Å². The molecule has 7 nitrogen and oxygen atoms in total. The summed E-state index contributed by atoms with van der Waals surface area (Å²) in [5.41, 5.74) is -0.300. The molecule has 158 valence electrons. The van der Waals surface area contributed by atoms with E-state index in [2.05, 4.69) is 5.16 Å². The fourth-order valence-electron chi connectivity index (χ4n) is 4.66. The van der Waals surface area contributed by atoms with Crippen LogP contribution < -0.4 is 0 Å². The van der Waals surface area contributed by atoms with E-state index in [1.54, 1.807) is 4.31 Å². The zero-order chi connectivity index (χ0) is 19.6. The molecule has 0 radical (unpaired) electrons. The minimum absolute atomic E-state index is 0.239. The molecular weight excluding hydrogens is 378 g/mol. The van der Waals surface area contributed by atoms with Gasteiger partial charge in [-0.3, -0.25) is 0 Å². The maximum atomic E-state index is 12.9. The Hall–Kier alpha value is -0.990. The third-order valence-electron chi connectivity index (χ3n) is 6.55.